The molecule has 1 saturated heterocycles. The molecule has 2 heterocycles. The number of likely N-dealkylation sites (tertiary alicyclic amines) is 1. The van der Waals surface area contributed by atoms with Crippen molar-refractivity contribution in [2.75, 3.05) is 19.6 Å². The van der Waals surface area contributed by atoms with E-state index < -0.39 is 0 Å². The second kappa shape index (κ2) is 7.53. The fourth-order valence-electron chi connectivity index (χ4n) is 2.74. The normalized spacial score (nSPS) is 19.9. The van der Waals surface area contributed by atoms with E-state index in [1.54, 1.807) is 11.3 Å². The minimum absolute atomic E-state index is 0.520. The number of nitrogens with one attached hydrogen (secondary N) is 1. The fourth-order valence-corrected chi connectivity index (χ4v) is 3.50. The molecule has 1 aliphatic rings. The summed E-state index contributed by atoms with van der Waals surface area (Å²) < 4.78 is 0. The molecule has 3 nitrogen and oxygen atoms in total. The molecule has 20 heavy (non-hydrogen) atoms. The van der Waals surface area contributed by atoms with Gasteiger partial charge in [0.25, 0.3) is 0 Å². The molecule has 1 fully saturated rings. The summed E-state index contributed by atoms with van der Waals surface area (Å²) in [5.41, 5.74) is 1.77. The lowest BCUT2D eigenvalue weighted by molar-refractivity contribution is 0.254. The number of hydrogen-bond acceptors (Lipinski definition) is 4. The fraction of sp³-hybridized carbons (Fsp3) is 0.812. The van der Waals surface area contributed by atoms with Crippen molar-refractivity contribution in [1.82, 2.24) is 15.2 Å². The van der Waals surface area contributed by atoms with Gasteiger partial charge in [0, 0.05) is 18.5 Å². The van der Waals surface area contributed by atoms with Crippen LogP contribution in [-0.4, -0.2) is 29.5 Å². The van der Waals surface area contributed by atoms with E-state index in [9.17, 15) is 0 Å². The van der Waals surface area contributed by atoms with Gasteiger partial charge in [0.15, 0.2) is 0 Å². The highest BCUT2D eigenvalue weighted by Crippen LogP contribution is 2.30. The third-order valence-corrected chi connectivity index (χ3v) is 5.02. The molecule has 0 atom stereocenters. The number of hydrogen-bond donors (Lipinski definition) is 1. The van der Waals surface area contributed by atoms with Crippen LogP contribution in [0.2, 0.25) is 0 Å². The van der Waals surface area contributed by atoms with Crippen molar-refractivity contribution in [1.29, 1.82) is 0 Å². The van der Waals surface area contributed by atoms with Crippen molar-refractivity contribution in [3.05, 3.63) is 16.1 Å². The van der Waals surface area contributed by atoms with Crippen LogP contribution in [0.4, 0.5) is 0 Å². The Labute approximate surface area is 127 Å². The molecular weight excluding hydrogens is 266 g/mol. The number of aromatic nitrogens is 1. The summed E-state index contributed by atoms with van der Waals surface area (Å²) in [5, 5.41) is 6.88. The molecule has 0 radical (unpaired) electrons. The Morgan fingerprint density at radius 1 is 1.35 bits per heavy atom. The molecule has 0 unspecified atom stereocenters. The van der Waals surface area contributed by atoms with E-state index in [1.165, 1.54) is 49.5 Å². The van der Waals surface area contributed by atoms with Gasteiger partial charge in [0.1, 0.15) is 5.01 Å². The topological polar surface area (TPSA) is 28.2 Å². The van der Waals surface area contributed by atoms with E-state index in [2.05, 4.69) is 36.4 Å². The van der Waals surface area contributed by atoms with E-state index >= 15 is 0 Å². The molecule has 1 aromatic heterocycles. The highest BCUT2D eigenvalue weighted by atomic mass is 32.1. The van der Waals surface area contributed by atoms with Gasteiger partial charge >= 0.3 is 0 Å². The lowest BCUT2D eigenvalue weighted by Crippen LogP contribution is -2.25. The van der Waals surface area contributed by atoms with Gasteiger partial charge in [-0.05, 0) is 50.7 Å². The smallest absolute Gasteiger partial charge is 0.107 e. The van der Waals surface area contributed by atoms with Gasteiger partial charge in [-0.25, -0.2) is 4.98 Å². The summed E-state index contributed by atoms with van der Waals surface area (Å²) in [6, 6.07) is 0. The Hall–Kier alpha value is -0.450. The number of thiazole rings is 1. The zero-order valence-electron chi connectivity index (χ0n) is 13.2. The molecular formula is C16H29N3S. The van der Waals surface area contributed by atoms with E-state index in [4.69, 9.17) is 4.98 Å². The molecule has 2 rings (SSSR count). The quantitative estimate of drug-likeness (QED) is 0.812. The van der Waals surface area contributed by atoms with Gasteiger partial charge in [-0.3, -0.25) is 4.90 Å². The molecule has 0 aliphatic carbocycles. The summed E-state index contributed by atoms with van der Waals surface area (Å²) in [7, 11) is 0. The third kappa shape index (κ3) is 5.15. The summed E-state index contributed by atoms with van der Waals surface area (Å²) in [6.45, 7) is 12.5. The van der Waals surface area contributed by atoms with Crippen LogP contribution in [0.15, 0.2) is 5.38 Å². The maximum atomic E-state index is 4.76. The van der Waals surface area contributed by atoms with Crippen LogP contribution in [0.25, 0.3) is 0 Å². The highest BCUT2D eigenvalue weighted by molar-refractivity contribution is 7.09. The second-order valence-corrected chi connectivity index (χ2v) is 7.65. The van der Waals surface area contributed by atoms with Crippen LogP contribution < -0.4 is 5.32 Å². The third-order valence-electron chi connectivity index (χ3n) is 4.12. The summed E-state index contributed by atoms with van der Waals surface area (Å²) in [6.07, 6.45) is 5.17. The van der Waals surface area contributed by atoms with E-state index in [1.807, 2.05) is 0 Å². The molecule has 0 saturated carbocycles. The summed E-state index contributed by atoms with van der Waals surface area (Å²) >= 11 is 1.79. The molecule has 4 heteroatoms. The van der Waals surface area contributed by atoms with Crippen molar-refractivity contribution in [3.63, 3.8) is 0 Å². The molecule has 0 bridgehead atoms. The van der Waals surface area contributed by atoms with Crippen LogP contribution in [0, 0.1) is 5.41 Å². The first-order chi connectivity index (χ1) is 9.59. The van der Waals surface area contributed by atoms with Gasteiger partial charge in [-0.1, -0.05) is 20.8 Å². The number of rotatable bonds is 6. The second-order valence-electron chi connectivity index (χ2n) is 6.70. The van der Waals surface area contributed by atoms with Gasteiger partial charge in [-0.15, -0.1) is 11.3 Å². The Bertz CT molecular complexity index is 400. The monoisotopic (exact) mass is 295 g/mol. The van der Waals surface area contributed by atoms with Crippen LogP contribution in [0.3, 0.4) is 0 Å². The van der Waals surface area contributed by atoms with Gasteiger partial charge < -0.3 is 5.32 Å². The zero-order valence-corrected chi connectivity index (χ0v) is 14.1. The average molecular weight is 295 g/mol. The van der Waals surface area contributed by atoms with Crippen molar-refractivity contribution in [2.45, 2.75) is 59.5 Å². The largest absolute Gasteiger partial charge is 0.310 e. The van der Waals surface area contributed by atoms with Crippen LogP contribution in [0.1, 0.15) is 57.2 Å². The van der Waals surface area contributed by atoms with Crippen LogP contribution in [0.5, 0.6) is 0 Å². The molecule has 0 aromatic carbocycles. The Morgan fingerprint density at radius 3 is 3.00 bits per heavy atom. The first-order valence-corrected chi connectivity index (χ1v) is 8.83. The predicted molar refractivity (Wildman–Crippen MR) is 87.0 cm³/mol. The zero-order chi connectivity index (χ0) is 14.4. The van der Waals surface area contributed by atoms with Crippen molar-refractivity contribution in [3.8, 4) is 0 Å². The molecule has 1 aliphatic heterocycles. The van der Waals surface area contributed by atoms with Crippen molar-refractivity contribution >= 4 is 11.3 Å². The highest BCUT2D eigenvalue weighted by Gasteiger charge is 2.23. The first-order valence-electron chi connectivity index (χ1n) is 7.95. The minimum atomic E-state index is 0.520. The Morgan fingerprint density at radius 2 is 2.20 bits per heavy atom. The molecule has 0 amide bonds. The van der Waals surface area contributed by atoms with Crippen LogP contribution >= 0.6 is 11.3 Å². The molecule has 0 spiro atoms. The first kappa shape index (κ1) is 15.9. The molecule has 114 valence electrons. The predicted octanol–water partition coefficient (Wildman–Crippen LogP) is 3.65. The van der Waals surface area contributed by atoms with Crippen molar-refractivity contribution in [2.24, 2.45) is 5.41 Å². The average Bonchev–Trinajstić information content (AvgIpc) is 2.76. The van der Waals surface area contributed by atoms with E-state index in [0.29, 0.717) is 5.41 Å². The maximum absolute atomic E-state index is 4.76. The van der Waals surface area contributed by atoms with Crippen molar-refractivity contribution < 1.29 is 0 Å². The van der Waals surface area contributed by atoms with E-state index in [-0.39, 0.29) is 0 Å². The summed E-state index contributed by atoms with van der Waals surface area (Å²) in [4.78, 5) is 7.33. The van der Waals surface area contributed by atoms with Gasteiger partial charge in [0.2, 0.25) is 0 Å². The molecule has 1 aromatic rings. The van der Waals surface area contributed by atoms with Gasteiger partial charge in [0.05, 0.1) is 5.69 Å². The lowest BCUT2D eigenvalue weighted by Gasteiger charge is -2.22. The minimum Gasteiger partial charge on any atom is -0.310 e. The Kier molecular flexibility index (Phi) is 6.00. The SMILES string of the molecule is CCCNCc1nc(CN2CCCC(C)(C)CC2)cs1. The maximum Gasteiger partial charge on any atom is 0.107 e. The van der Waals surface area contributed by atoms with E-state index in [0.717, 1.165) is 19.6 Å². The number of nitrogens with zero attached hydrogens (tertiary/aromatic N) is 2. The standard InChI is InChI=1S/C16H29N3S/c1-4-8-17-11-15-18-14(13-20-15)12-19-9-5-6-16(2,3)7-10-19/h13,17H,4-12H2,1-3H3. The Balaban J connectivity index is 1.81. The lowest BCUT2D eigenvalue weighted by atomic mass is 9.85. The van der Waals surface area contributed by atoms with Gasteiger partial charge in [-0.2, -0.15) is 0 Å². The summed E-state index contributed by atoms with van der Waals surface area (Å²) in [5.74, 6) is 0. The molecule has 1 N–H and O–H groups in total. The van der Waals surface area contributed by atoms with Crippen LogP contribution in [-0.2, 0) is 13.1 Å².